The van der Waals surface area contributed by atoms with Crippen LogP contribution < -0.4 is 11.2 Å². The lowest BCUT2D eigenvalue weighted by molar-refractivity contribution is -0.158. The molecule has 0 radical (unpaired) electrons. The Labute approximate surface area is 214 Å². The number of nitrogens with zero attached hydrogens (tertiary/aromatic N) is 1. The average molecular weight is 505 g/mol. The Morgan fingerprint density at radius 1 is 1.08 bits per heavy atom. The van der Waals surface area contributed by atoms with Crippen LogP contribution in [-0.2, 0) is 37.0 Å². The molecule has 9 nitrogen and oxygen atoms in total. The number of aromatic nitrogens is 2. The third-order valence-electron chi connectivity index (χ3n) is 6.04. The lowest BCUT2D eigenvalue weighted by Crippen LogP contribution is -2.48. The van der Waals surface area contributed by atoms with Crippen LogP contribution in [0.15, 0.2) is 76.4 Å². The number of aromatic amines is 1. The Balaban J connectivity index is 1.71. The number of terminal acetylenes is 1. The summed E-state index contributed by atoms with van der Waals surface area (Å²) in [4.78, 5) is 39.1. The fraction of sp³-hybridized carbons (Fsp3) is 0.321. The molecule has 0 aliphatic carbocycles. The number of aryl methyl sites for hydroxylation is 1. The van der Waals surface area contributed by atoms with Gasteiger partial charge in [-0.25, -0.2) is 4.79 Å². The molecule has 1 N–H and O–H groups in total. The highest BCUT2D eigenvalue weighted by Crippen LogP contribution is 2.41. The average Bonchev–Trinajstić information content (AvgIpc) is 3.18. The predicted octanol–water partition coefficient (Wildman–Crippen LogP) is 2.48. The van der Waals surface area contributed by atoms with E-state index in [1.165, 1.54) is 13.1 Å². The third kappa shape index (κ3) is 5.89. The van der Waals surface area contributed by atoms with Crippen LogP contribution in [0.5, 0.6) is 0 Å². The van der Waals surface area contributed by atoms with Gasteiger partial charge in [-0.05, 0) is 18.1 Å². The monoisotopic (exact) mass is 504 g/mol. The SMILES string of the molecule is C#C[C@]1(COCc2ccccc2)OC(n2cc(C)c(=O)[nH]c2=O)C(OC(C)=O)C1OCc1ccccc1. The molecule has 1 saturated heterocycles. The Bertz CT molecular complexity index is 1380. The van der Waals surface area contributed by atoms with Gasteiger partial charge >= 0.3 is 11.7 Å². The van der Waals surface area contributed by atoms with Crippen molar-refractivity contribution in [3.63, 3.8) is 0 Å². The summed E-state index contributed by atoms with van der Waals surface area (Å²) < 4.78 is 25.3. The number of nitrogens with one attached hydrogen (secondary N) is 1. The number of rotatable bonds is 9. The molecule has 2 heterocycles. The van der Waals surface area contributed by atoms with Gasteiger partial charge in [0.25, 0.3) is 5.56 Å². The van der Waals surface area contributed by atoms with Gasteiger partial charge in [-0.2, -0.15) is 0 Å². The normalized spacial score (nSPS) is 22.9. The zero-order valence-electron chi connectivity index (χ0n) is 20.6. The van der Waals surface area contributed by atoms with Crippen LogP contribution in [0.3, 0.4) is 0 Å². The molecule has 3 aromatic rings. The van der Waals surface area contributed by atoms with E-state index in [0.29, 0.717) is 0 Å². The number of ether oxygens (including phenoxy) is 4. The smallest absolute Gasteiger partial charge is 0.330 e. The summed E-state index contributed by atoms with van der Waals surface area (Å²) in [6.07, 6.45) is 4.07. The molecule has 1 aromatic heterocycles. The van der Waals surface area contributed by atoms with E-state index in [4.69, 9.17) is 25.4 Å². The highest BCUT2D eigenvalue weighted by atomic mass is 16.6. The molecule has 2 aromatic carbocycles. The third-order valence-corrected chi connectivity index (χ3v) is 6.04. The summed E-state index contributed by atoms with van der Waals surface area (Å²) in [7, 11) is 0. The second kappa shape index (κ2) is 11.4. The van der Waals surface area contributed by atoms with Gasteiger partial charge in [-0.1, -0.05) is 66.6 Å². The van der Waals surface area contributed by atoms with Gasteiger partial charge in [0.1, 0.15) is 6.10 Å². The van der Waals surface area contributed by atoms with E-state index in [2.05, 4.69) is 10.9 Å². The van der Waals surface area contributed by atoms with Crippen LogP contribution in [0.25, 0.3) is 0 Å². The molecule has 0 amide bonds. The fourth-order valence-electron chi connectivity index (χ4n) is 4.22. The van der Waals surface area contributed by atoms with Crippen molar-refractivity contribution in [1.29, 1.82) is 0 Å². The van der Waals surface area contributed by atoms with Crippen molar-refractivity contribution in [2.75, 3.05) is 6.61 Å². The molecule has 37 heavy (non-hydrogen) atoms. The number of carbonyl (C=O) groups is 1. The lowest BCUT2D eigenvalue weighted by Gasteiger charge is -2.30. The van der Waals surface area contributed by atoms with E-state index >= 15 is 0 Å². The molecule has 4 atom stereocenters. The number of hydrogen-bond donors (Lipinski definition) is 1. The molecular weight excluding hydrogens is 476 g/mol. The first kappa shape index (κ1) is 26.1. The van der Waals surface area contributed by atoms with E-state index in [9.17, 15) is 14.4 Å². The minimum Gasteiger partial charge on any atom is -0.455 e. The van der Waals surface area contributed by atoms with Crippen LogP contribution in [-0.4, -0.2) is 39.9 Å². The van der Waals surface area contributed by atoms with Crippen LogP contribution in [0.2, 0.25) is 0 Å². The van der Waals surface area contributed by atoms with Gasteiger partial charge in [-0.15, -0.1) is 6.42 Å². The maximum absolute atomic E-state index is 12.8. The van der Waals surface area contributed by atoms with E-state index in [-0.39, 0.29) is 25.4 Å². The van der Waals surface area contributed by atoms with Crippen molar-refractivity contribution in [3.8, 4) is 12.3 Å². The largest absolute Gasteiger partial charge is 0.455 e. The van der Waals surface area contributed by atoms with E-state index in [0.717, 1.165) is 15.7 Å². The van der Waals surface area contributed by atoms with Crippen molar-refractivity contribution in [2.24, 2.45) is 0 Å². The fourth-order valence-corrected chi connectivity index (χ4v) is 4.22. The maximum atomic E-state index is 12.8. The molecule has 0 bridgehead atoms. The second-order valence-electron chi connectivity index (χ2n) is 8.79. The van der Waals surface area contributed by atoms with Crippen molar-refractivity contribution in [3.05, 3.63) is 104 Å². The first-order valence-corrected chi connectivity index (χ1v) is 11.7. The van der Waals surface area contributed by atoms with Crippen molar-refractivity contribution in [2.45, 2.75) is 51.1 Å². The minimum atomic E-state index is -1.52. The molecule has 9 heteroatoms. The van der Waals surface area contributed by atoms with Crippen molar-refractivity contribution in [1.82, 2.24) is 9.55 Å². The van der Waals surface area contributed by atoms with E-state index in [1.54, 1.807) is 6.92 Å². The Kier molecular flexibility index (Phi) is 8.04. The Hall–Kier alpha value is -3.97. The van der Waals surface area contributed by atoms with Gasteiger partial charge in [0.15, 0.2) is 17.9 Å². The first-order chi connectivity index (χ1) is 17.8. The Morgan fingerprint density at radius 3 is 2.30 bits per heavy atom. The summed E-state index contributed by atoms with van der Waals surface area (Å²) in [6, 6.07) is 18.9. The zero-order chi connectivity index (χ0) is 26.4. The van der Waals surface area contributed by atoms with Crippen LogP contribution >= 0.6 is 0 Å². The second-order valence-corrected chi connectivity index (χ2v) is 8.79. The lowest BCUT2D eigenvalue weighted by atomic mass is 9.96. The summed E-state index contributed by atoms with van der Waals surface area (Å²) in [6.45, 7) is 3.07. The first-order valence-electron chi connectivity index (χ1n) is 11.7. The van der Waals surface area contributed by atoms with Crippen LogP contribution in [0.1, 0.15) is 29.8 Å². The molecule has 0 spiro atoms. The molecule has 1 aliphatic heterocycles. The highest BCUT2D eigenvalue weighted by Gasteiger charge is 2.58. The van der Waals surface area contributed by atoms with E-state index in [1.807, 2.05) is 60.7 Å². The molecule has 3 unspecified atom stereocenters. The summed E-state index contributed by atoms with van der Waals surface area (Å²) >= 11 is 0. The standard InChI is InChI=1S/C28H28N2O7/c1-4-28(18-34-16-21-11-7-5-8-12-21)24(35-17-22-13-9-6-10-14-22)23(36-20(3)31)26(37-28)30-15-19(2)25(32)29-27(30)33/h1,5-15,23-24,26H,16-18H2,2-3H3,(H,29,32,33)/t23?,24?,26?,28-/m1/s1. The Morgan fingerprint density at radius 2 is 1.70 bits per heavy atom. The minimum absolute atomic E-state index is 0.108. The van der Waals surface area contributed by atoms with Crippen LogP contribution in [0.4, 0.5) is 0 Å². The quantitative estimate of drug-likeness (QED) is 0.352. The van der Waals surface area contributed by atoms with Gasteiger partial charge in [0.2, 0.25) is 0 Å². The molecule has 1 fully saturated rings. The predicted molar refractivity (Wildman–Crippen MR) is 134 cm³/mol. The molecule has 0 saturated carbocycles. The summed E-state index contributed by atoms with van der Waals surface area (Å²) in [5.41, 5.74) is -0.731. The molecule has 1 aliphatic rings. The number of H-pyrrole nitrogens is 1. The number of esters is 1. The van der Waals surface area contributed by atoms with Crippen molar-refractivity contribution >= 4 is 5.97 Å². The summed E-state index contributed by atoms with van der Waals surface area (Å²) in [5.74, 6) is 2.04. The number of carbonyl (C=O) groups excluding carboxylic acids is 1. The number of hydrogen-bond acceptors (Lipinski definition) is 7. The topological polar surface area (TPSA) is 109 Å². The zero-order valence-corrected chi connectivity index (χ0v) is 20.6. The van der Waals surface area contributed by atoms with Gasteiger partial charge in [0.05, 0.1) is 19.8 Å². The maximum Gasteiger partial charge on any atom is 0.330 e. The van der Waals surface area contributed by atoms with Crippen molar-refractivity contribution < 1.29 is 23.7 Å². The van der Waals surface area contributed by atoms with Gasteiger partial charge in [0, 0.05) is 18.7 Å². The summed E-state index contributed by atoms with van der Waals surface area (Å²) in [5, 5.41) is 0. The molecule has 192 valence electrons. The van der Waals surface area contributed by atoms with Crippen LogP contribution in [0, 0.1) is 19.3 Å². The van der Waals surface area contributed by atoms with Gasteiger partial charge < -0.3 is 18.9 Å². The number of benzene rings is 2. The highest BCUT2D eigenvalue weighted by molar-refractivity contribution is 5.66. The molecular formula is C28H28N2O7. The molecule has 4 rings (SSSR count). The van der Waals surface area contributed by atoms with E-state index < -0.39 is 41.3 Å². The van der Waals surface area contributed by atoms with Gasteiger partial charge in [-0.3, -0.25) is 19.1 Å².